The van der Waals surface area contributed by atoms with Crippen LogP contribution in [-0.4, -0.2) is 31.4 Å². The topological polar surface area (TPSA) is 76.5 Å². The van der Waals surface area contributed by atoms with Crippen LogP contribution in [0.25, 0.3) is 0 Å². The number of rotatable bonds is 10. The van der Waals surface area contributed by atoms with Crippen LogP contribution in [0, 0.1) is 11.3 Å². The molecule has 1 N–H and O–H groups in total. The fourth-order valence-corrected chi connectivity index (χ4v) is 1.16. The number of hydrogen-bond donors (Lipinski definition) is 1. The summed E-state index contributed by atoms with van der Waals surface area (Å²) in [5.41, 5.74) is 0. The average Bonchev–Trinajstić information content (AvgIpc) is 2.40. The van der Waals surface area contributed by atoms with E-state index in [9.17, 15) is 9.59 Å². The fraction of sp³-hybridized carbons (Fsp3) is 0.643. The highest BCUT2D eigenvalue weighted by Crippen LogP contribution is 2.01. The van der Waals surface area contributed by atoms with E-state index >= 15 is 0 Å². The van der Waals surface area contributed by atoms with Crippen LogP contribution in [0.2, 0.25) is 0 Å². The summed E-state index contributed by atoms with van der Waals surface area (Å²) in [5, 5.41) is 7.15. The zero-order valence-corrected chi connectivity index (χ0v) is 11.7. The molecule has 0 spiro atoms. The fourth-order valence-electron chi connectivity index (χ4n) is 1.16. The second-order valence-electron chi connectivity index (χ2n) is 4.09. The molecule has 0 rings (SSSR count). The summed E-state index contributed by atoms with van der Waals surface area (Å²) in [5.74, 6) is -1.83. The zero-order valence-electron chi connectivity index (χ0n) is 11.7. The van der Waals surface area contributed by atoms with Crippen molar-refractivity contribution in [3.05, 3.63) is 12.2 Å². The van der Waals surface area contributed by atoms with Crippen LogP contribution in [0.15, 0.2) is 12.2 Å². The third-order valence-electron chi connectivity index (χ3n) is 2.38. The molecule has 0 aliphatic heterocycles. The quantitative estimate of drug-likeness (QED) is 0.286. The van der Waals surface area contributed by atoms with E-state index in [4.69, 9.17) is 14.9 Å². The number of esters is 2. The lowest BCUT2D eigenvalue weighted by molar-refractivity contribution is -0.144. The second kappa shape index (κ2) is 11.4. The SMILES string of the molecule is CCCCOC(=O)C=CC(C=N)C(=O)OCCCC. The minimum absolute atomic E-state index is 0.342. The monoisotopic (exact) mass is 269 g/mol. The van der Waals surface area contributed by atoms with E-state index in [-0.39, 0.29) is 0 Å². The van der Waals surface area contributed by atoms with Crippen LogP contribution >= 0.6 is 0 Å². The number of carbonyl (C=O) groups excluding carboxylic acids is 2. The number of ether oxygens (including phenoxy) is 2. The molecule has 0 heterocycles. The molecule has 1 atom stereocenters. The highest BCUT2D eigenvalue weighted by atomic mass is 16.5. The van der Waals surface area contributed by atoms with Gasteiger partial charge in [0.25, 0.3) is 0 Å². The van der Waals surface area contributed by atoms with E-state index in [1.165, 1.54) is 12.2 Å². The Labute approximate surface area is 114 Å². The Balaban J connectivity index is 4.11. The third kappa shape index (κ3) is 8.99. The van der Waals surface area contributed by atoms with Gasteiger partial charge in [-0.25, -0.2) is 4.79 Å². The molecule has 0 aliphatic rings. The Morgan fingerprint density at radius 2 is 1.68 bits per heavy atom. The Morgan fingerprint density at radius 1 is 1.11 bits per heavy atom. The van der Waals surface area contributed by atoms with Crippen LogP contribution in [0.4, 0.5) is 0 Å². The maximum atomic E-state index is 11.5. The molecule has 19 heavy (non-hydrogen) atoms. The van der Waals surface area contributed by atoms with E-state index < -0.39 is 17.9 Å². The molecular weight excluding hydrogens is 246 g/mol. The first-order valence-corrected chi connectivity index (χ1v) is 6.67. The lowest BCUT2D eigenvalue weighted by Gasteiger charge is -2.07. The molecule has 1 unspecified atom stereocenters. The van der Waals surface area contributed by atoms with Gasteiger partial charge in [0.1, 0.15) is 5.92 Å². The summed E-state index contributed by atoms with van der Waals surface area (Å²) in [6.45, 7) is 4.71. The van der Waals surface area contributed by atoms with Crippen molar-refractivity contribution in [2.24, 2.45) is 5.92 Å². The van der Waals surface area contributed by atoms with Gasteiger partial charge in [0.15, 0.2) is 0 Å². The van der Waals surface area contributed by atoms with Gasteiger partial charge >= 0.3 is 11.9 Å². The first-order chi connectivity index (χ1) is 9.15. The highest BCUT2D eigenvalue weighted by molar-refractivity contribution is 5.92. The van der Waals surface area contributed by atoms with Gasteiger partial charge in [-0.3, -0.25) is 4.79 Å². The van der Waals surface area contributed by atoms with Crippen molar-refractivity contribution in [2.45, 2.75) is 39.5 Å². The van der Waals surface area contributed by atoms with Crippen molar-refractivity contribution in [3.63, 3.8) is 0 Å². The van der Waals surface area contributed by atoms with Gasteiger partial charge in [-0.05, 0) is 12.8 Å². The van der Waals surface area contributed by atoms with E-state index in [0.29, 0.717) is 13.2 Å². The zero-order chi connectivity index (χ0) is 14.5. The van der Waals surface area contributed by atoms with Crippen molar-refractivity contribution in [1.29, 1.82) is 5.41 Å². The molecule has 5 nitrogen and oxygen atoms in total. The molecule has 0 aromatic rings. The maximum absolute atomic E-state index is 11.5. The standard InChI is InChI=1S/C14H23NO4/c1-3-5-9-18-13(16)8-7-12(11-15)14(17)19-10-6-4-2/h7-8,11-12,15H,3-6,9-10H2,1-2H3. The molecule has 0 aromatic carbocycles. The van der Waals surface area contributed by atoms with Crippen molar-refractivity contribution < 1.29 is 19.1 Å². The largest absolute Gasteiger partial charge is 0.465 e. The Morgan fingerprint density at radius 3 is 2.21 bits per heavy atom. The first kappa shape index (κ1) is 17.4. The van der Waals surface area contributed by atoms with Gasteiger partial charge in [0.05, 0.1) is 13.2 Å². The second-order valence-corrected chi connectivity index (χ2v) is 4.09. The molecule has 0 saturated heterocycles. The van der Waals surface area contributed by atoms with Gasteiger partial charge in [0, 0.05) is 12.3 Å². The molecule has 5 heteroatoms. The Kier molecular flexibility index (Phi) is 10.4. The summed E-state index contributed by atoms with van der Waals surface area (Å²) in [6.07, 6.45) is 6.93. The van der Waals surface area contributed by atoms with E-state index in [2.05, 4.69) is 0 Å². The van der Waals surface area contributed by atoms with E-state index in [1.54, 1.807) is 0 Å². The van der Waals surface area contributed by atoms with Gasteiger partial charge in [-0.2, -0.15) is 0 Å². The predicted molar refractivity (Wildman–Crippen MR) is 73.1 cm³/mol. The minimum atomic E-state index is -0.824. The average molecular weight is 269 g/mol. The van der Waals surface area contributed by atoms with Gasteiger partial charge in [-0.15, -0.1) is 0 Å². The smallest absolute Gasteiger partial charge is 0.330 e. The maximum Gasteiger partial charge on any atom is 0.330 e. The van der Waals surface area contributed by atoms with Crippen LogP contribution in [0.3, 0.4) is 0 Å². The lowest BCUT2D eigenvalue weighted by atomic mass is 10.1. The van der Waals surface area contributed by atoms with Gasteiger partial charge < -0.3 is 14.9 Å². The molecule has 0 radical (unpaired) electrons. The highest BCUT2D eigenvalue weighted by Gasteiger charge is 2.14. The van der Waals surface area contributed by atoms with Crippen LogP contribution in [0.5, 0.6) is 0 Å². The summed E-state index contributed by atoms with van der Waals surface area (Å²) in [4.78, 5) is 22.8. The van der Waals surface area contributed by atoms with Gasteiger partial charge in [-0.1, -0.05) is 32.8 Å². The normalized spacial score (nSPS) is 12.1. The summed E-state index contributed by atoms with van der Waals surface area (Å²) in [7, 11) is 0. The molecule has 0 fully saturated rings. The molecule has 0 saturated carbocycles. The molecule has 0 aromatic heterocycles. The number of unbranched alkanes of at least 4 members (excludes halogenated alkanes) is 2. The van der Waals surface area contributed by atoms with Crippen LogP contribution < -0.4 is 0 Å². The number of nitrogens with one attached hydrogen (secondary N) is 1. The van der Waals surface area contributed by atoms with Crippen LogP contribution in [0.1, 0.15) is 39.5 Å². The summed E-state index contributed by atoms with van der Waals surface area (Å²) in [6, 6.07) is 0. The number of carbonyl (C=O) groups is 2. The lowest BCUT2D eigenvalue weighted by Crippen LogP contribution is -2.18. The molecule has 0 amide bonds. The predicted octanol–water partition coefficient (Wildman–Crippen LogP) is 2.49. The summed E-state index contributed by atoms with van der Waals surface area (Å²) >= 11 is 0. The Bertz CT molecular complexity index is 313. The van der Waals surface area contributed by atoms with E-state index in [0.717, 1.165) is 31.9 Å². The Hall–Kier alpha value is -1.65. The number of hydrogen-bond acceptors (Lipinski definition) is 5. The molecule has 0 aliphatic carbocycles. The molecular formula is C14H23NO4. The summed E-state index contributed by atoms with van der Waals surface area (Å²) < 4.78 is 9.88. The van der Waals surface area contributed by atoms with Crippen molar-refractivity contribution in [2.75, 3.05) is 13.2 Å². The third-order valence-corrected chi connectivity index (χ3v) is 2.38. The van der Waals surface area contributed by atoms with Crippen LogP contribution in [-0.2, 0) is 19.1 Å². The van der Waals surface area contributed by atoms with Crippen molar-refractivity contribution in [1.82, 2.24) is 0 Å². The molecule has 108 valence electrons. The van der Waals surface area contributed by atoms with E-state index in [1.807, 2.05) is 13.8 Å². The first-order valence-electron chi connectivity index (χ1n) is 6.67. The van der Waals surface area contributed by atoms with Gasteiger partial charge in [0.2, 0.25) is 0 Å². The minimum Gasteiger partial charge on any atom is -0.465 e. The van der Waals surface area contributed by atoms with Crippen molar-refractivity contribution in [3.8, 4) is 0 Å². The molecule has 0 bridgehead atoms. The van der Waals surface area contributed by atoms with Crippen molar-refractivity contribution >= 4 is 18.2 Å².